The fourth-order valence-corrected chi connectivity index (χ4v) is 5.99. The van der Waals surface area contributed by atoms with Crippen LogP contribution in [0.25, 0.3) is 38.6 Å². The van der Waals surface area contributed by atoms with E-state index < -0.39 is 0 Å². The van der Waals surface area contributed by atoms with Crippen molar-refractivity contribution in [3.05, 3.63) is 78.1 Å². The molecule has 1 saturated heterocycles. The molecule has 2 aromatic carbocycles. The zero-order valence-corrected chi connectivity index (χ0v) is 25.5. The van der Waals surface area contributed by atoms with Gasteiger partial charge in [-0.25, -0.2) is 4.98 Å². The van der Waals surface area contributed by atoms with E-state index in [1.54, 1.807) is 24.9 Å². The van der Waals surface area contributed by atoms with Gasteiger partial charge in [0.25, 0.3) is 5.19 Å². The number of benzene rings is 2. The first-order valence-corrected chi connectivity index (χ1v) is 15.4. The lowest BCUT2D eigenvalue weighted by Gasteiger charge is -2.26. The summed E-state index contributed by atoms with van der Waals surface area (Å²) in [6.45, 7) is 3.15. The second-order valence-electron chi connectivity index (χ2n) is 10.6. The lowest BCUT2D eigenvalue weighted by molar-refractivity contribution is -0.186. The van der Waals surface area contributed by atoms with E-state index in [0.29, 0.717) is 39.6 Å². The summed E-state index contributed by atoms with van der Waals surface area (Å²) in [5.41, 5.74) is 5.27. The van der Waals surface area contributed by atoms with Crippen molar-refractivity contribution in [2.24, 2.45) is 0 Å². The third-order valence-corrected chi connectivity index (χ3v) is 8.55. The molecule has 2 atom stereocenters. The van der Waals surface area contributed by atoms with Gasteiger partial charge in [-0.15, -0.1) is 5.10 Å². The van der Waals surface area contributed by atoms with Crippen LogP contribution in [-0.2, 0) is 16.1 Å². The van der Waals surface area contributed by atoms with Crippen molar-refractivity contribution >= 4 is 27.3 Å². The number of fused-ring (bicyclic) bond motifs is 2. The largest absolute Gasteiger partial charge is 0.496 e. The number of ether oxygens (including phenoxy) is 5. The SMILES string of the molecule is COc1cc(OCc2cccc(-c3ccc(C(C)OC4CCCCO4)cn3)c2)c2cc(-c3cnc4sc(OC)nn34)oc2c1. The van der Waals surface area contributed by atoms with Crippen LogP contribution in [0.15, 0.2) is 71.4 Å². The van der Waals surface area contributed by atoms with Crippen LogP contribution in [0, 0.1) is 0 Å². The normalized spacial score (nSPS) is 15.9. The Morgan fingerprint density at radius 3 is 2.75 bits per heavy atom. The Balaban J connectivity index is 1.09. The molecule has 44 heavy (non-hydrogen) atoms. The van der Waals surface area contributed by atoms with Gasteiger partial charge < -0.3 is 28.1 Å². The fourth-order valence-electron chi connectivity index (χ4n) is 5.29. The molecule has 0 amide bonds. The van der Waals surface area contributed by atoms with E-state index in [4.69, 9.17) is 33.1 Å². The van der Waals surface area contributed by atoms with Gasteiger partial charge in [0, 0.05) is 30.5 Å². The fraction of sp³-hybridized carbons (Fsp3) is 0.303. The van der Waals surface area contributed by atoms with Crippen molar-refractivity contribution in [2.45, 2.75) is 45.2 Å². The first kappa shape index (κ1) is 28.3. The van der Waals surface area contributed by atoms with E-state index in [1.165, 1.54) is 11.3 Å². The van der Waals surface area contributed by atoms with Gasteiger partial charge in [-0.1, -0.05) is 24.3 Å². The highest BCUT2D eigenvalue weighted by atomic mass is 32.1. The van der Waals surface area contributed by atoms with Crippen LogP contribution in [0.3, 0.4) is 0 Å². The van der Waals surface area contributed by atoms with Crippen LogP contribution in [0.4, 0.5) is 0 Å². The van der Waals surface area contributed by atoms with Gasteiger partial charge in [-0.05, 0) is 66.8 Å². The van der Waals surface area contributed by atoms with Crippen LogP contribution in [0.1, 0.15) is 43.4 Å². The molecular formula is C33H32N4O6S. The number of hydrogen-bond acceptors (Lipinski definition) is 10. The predicted molar refractivity (Wildman–Crippen MR) is 166 cm³/mol. The summed E-state index contributed by atoms with van der Waals surface area (Å²) < 4.78 is 36.9. The third-order valence-electron chi connectivity index (χ3n) is 7.67. The Kier molecular flexibility index (Phi) is 7.90. The maximum atomic E-state index is 6.36. The Morgan fingerprint density at radius 1 is 1.02 bits per heavy atom. The van der Waals surface area contributed by atoms with Crippen LogP contribution in [-0.4, -0.2) is 46.7 Å². The molecule has 0 aliphatic carbocycles. The summed E-state index contributed by atoms with van der Waals surface area (Å²) in [5, 5.41) is 5.80. The average molecular weight is 613 g/mol. The molecule has 0 bridgehead atoms. The summed E-state index contributed by atoms with van der Waals surface area (Å²) in [7, 11) is 3.21. The molecule has 7 rings (SSSR count). The lowest BCUT2D eigenvalue weighted by atomic mass is 10.1. The number of furan rings is 1. The van der Waals surface area contributed by atoms with Crippen molar-refractivity contribution < 1.29 is 28.1 Å². The van der Waals surface area contributed by atoms with Crippen LogP contribution >= 0.6 is 11.3 Å². The highest BCUT2D eigenvalue weighted by molar-refractivity contribution is 7.18. The number of nitrogens with zero attached hydrogens (tertiary/aromatic N) is 4. The summed E-state index contributed by atoms with van der Waals surface area (Å²) >= 11 is 1.36. The molecular weight excluding hydrogens is 580 g/mol. The Labute approximate surface area is 258 Å². The lowest BCUT2D eigenvalue weighted by Crippen LogP contribution is -2.23. The number of hydrogen-bond donors (Lipinski definition) is 0. The van der Waals surface area contributed by atoms with E-state index in [-0.39, 0.29) is 12.4 Å². The maximum absolute atomic E-state index is 6.36. The molecule has 0 spiro atoms. The van der Waals surface area contributed by atoms with Gasteiger partial charge in [0.05, 0.1) is 37.6 Å². The molecule has 0 radical (unpaired) electrons. The summed E-state index contributed by atoms with van der Waals surface area (Å²) in [4.78, 5) is 9.89. The molecule has 6 aromatic rings. The van der Waals surface area contributed by atoms with Gasteiger partial charge in [0.15, 0.2) is 12.1 Å². The quantitative estimate of drug-likeness (QED) is 0.156. The predicted octanol–water partition coefficient (Wildman–Crippen LogP) is 7.47. The minimum atomic E-state index is -0.140. The Hall–Kier alpha value is -4.45. The Morgan fingerprint density at radius 2 is 1.95 bits per heavy atom. The molecule has 226 valence electrons. The van der Waals surface area contributed by atoms with Gasteiger partial charge in [-0.2, -0.15) is 4.52 Å². The van der Waals surface area contributed by atoms with Gasteiger partial charge >= 0.3 is 0 Å². The standard InChI is InChI=1S/C33H32N4O6S/c1-20(42-31-9-4-5-12-40-31)23-10-11-26(34-17-23)22-8-6-7-21(13-22)19-41-28-14-24(38-2)15-29-25(28)16-30(43-29)27-18-35-32-37(27)36-33(39-3)44-32/h6-8,10-11,13-18,20,31H,4-5,9,12,19H2,1-3H3. The first-order valence-electron chi connectivity index (χ1n) is 14.5. The molecule has 1 fully saturated rings. The smallest absolute Gasteiger partial charge is 0.294 e. The number of aromatic nitrogens is 4. The molecule has 4 aromatic heterocycles. The maximum Gasteiger partial charge on any atom is 0.294 e. The highest BCUT2D eigenvalue weighted by Gasteiger charge is 2.20. The van der Waals surface area contributed by atoms with E-state index in [2.05, 4.69) is 22.2 Å². The monoisotopic (exact) mass is 612 g/mol. The number of pyridine rings is 1. The molecule has 2 unspecified atom stereocenters. The van der Waals surface area contributed by atoms with Crippen molar-refractivity contribution in [3.63, 3.8) is 0 Å². The van der Waals surface area contributed by atoms with E-state index in [1.807, 2.05) is 55.6 Å². The third kappa shape index (κ3) is 5.73. The molecule has 1 aliphatic heterocycles. The summed E-state index contributed by atoms with van der Waals surface area (Å²) in [6, 6.07) is 17.9. The van der Waals surface area contributed by atoms with E-state index in [9.17, 15) is 0 Å². The molecule has 5 heterocycles. The van der Waals surface area contributed by atoms with Gasteiger partial charge in [-0.3, -0.25) is 4.98 Å². The topological polar surface area (TPSA) is 102 Å². The van der Waals surface area contributed by atoms with Crippen LogP contribution in [0.5, 0.6) is 16.7 Å². The van der Waals surface area contributed by atoms with E-state index >= 15 is 0 Å². The number of methoxy groups -OCH3 is 2. The zero-order chi connectivity index (χ0) is 30.0. The van der Waals surface area contributed by atoms with Crippen molar-refractivity contribution in [1.82, 2.24) is 19.6 Å². The van der Waals surface area contributed by atoms with E-state index in [0.717, 1.165) is 59.3 Å². The van der Waals surface area contributed by atoms with Crippen LogP contribution in [0.2, 0.25) is 0 Å². The zero-order valence-electron chi connectivity index (χ0n) is 24.7. The summed E-state index contributed by atoms with van der Waals surface area (Å²) in [5.74, 6) is 1.89. The average Bonchev–Trinajstić information content (AvgIpc) is 3.78. The van der Waals surface area contributed by atoms with Crippen molar-refractivity contribution in [2.75, 3.05) is 20.8 Å². The molecule has 11 heteroatoms. The first-order chi connectivity index (χ1) is 21.6. The van der Waals surface area contributed by atoms with Gasteiger partial charge in [0.2, 0.25) is 4.96 Å². The number of rotatable bonds is 10. The molecule has 0 saturated carbocycles. The Bertz CT molecular complexity index is 1890. The minimum absolute atomic E-state index is 0.0909. The highest BCUT2D eigenvalue weighted by Crippen LogP contribution is 2.38. The second kappa shape index (κ2) is 12.3. The van der Waals surface area contributed by atoms with Crippen molar-refractivity contribution in [1.29, 1.82) is 0 Å². The van der Waals surface area contributed by atoms with Gasteiger partial charge in [0.1, 0.15) is 29.4 Å². The second-order valence-corrected chi connectivity index (χ2v) is 11.5. The van der Waals surface area contributed by atoms with Crippen molar-refractivity contribution in [3.8, 4) is 39.4 Å². The summed E-state index contributed by atoms with van der Waals surface area (Å²) in [6.07, 6.45) is 6.56. The molecule has 0 N–H and O–H groups in total. The minimum Gasteiger partial charge on any atom is -0.496 e. The molecule has 1 aliphatic rings. The molecule has 10 nitrogen and oxygen atoms in total. The van der Waals surface area contributed by atoms with Crippen LogP contribution < -0.4 is 14.2 Å². The number of imidazole rings is 1.